The van der Waals surface area contributed by atoms with Gasteiger partial charge in [0, 0.05) is 0 Å². The molecular weight excluding hydrogens is 322 g/mol. The van der Waals surface area contributed by atoms with E-state index in [1.54, 1.807) is 7.11 Å². The van der Waals surface area contributed by atoms with Crippen LogP contribution < -0.4 is 4.74 Å². The highest BCUT2D eigenvalue weighted by atomic mass is 16.5. The van der Waals surface area contributed by atoms with Crippen LogP contribution >= 0.6 is 0 Å². The zero-order valence-electron chi connectivity index (χ0n) is 14.8. The average Bonchev–Trinajstić information content (AvgIpc) is 3.47. The molecule has 0 radical (unpaired) electrons. The molecule has 0 amide bonds. The molecule has 4 rings (SSSR count). The molecule has 3 heteroatoms. The quantitative estimate of drug-likeness (QED) is 0.629. The van der Waals surface area contributed by atoms with E-state index >= 15 is 0 Å². The van der Waals surface area contributed by atoms with Crippen molar-refractivity contribution in [1.82, 2.24) is 0 Å². The molecular formula is C23H21NO2. The van der Waals surface area contributed by atoms with Crippen molar-refractivity contribution < 1.29 is 9.47 Å². The van der Waals surface area contributed by atoms with Gasteiger partial charge < -0.3 is 9.47 Å². The Hall–Kier alpha value is -2.83. The van der Waals surface area contributed by atoms with E-state index < -0.39 is 0 Å². The van der Waals surface area contributed by atoms with Gasteiger partial charge in [-0.15, -0.1) is 0 Å². The average molecular weight is 343 g/mol. The van der Waals surface area contributed by atoms with Gasteiger partial charge in [-0.1, -0.05) is 48.5 Å². The Kier molecular flexibility index (Phi) is 4.60. The number of hydrogen-bond donors (Lipinski definition) is 0. The molecule has 3 aromatic carbocycles. The standard InChI is InChI=1S/C23H21NO2/c1-25-20-10-8-17(9-11-20)22-12-19(22)15-26-14-18-7-6-16-4-2-3-5-21(16)23(18)13-24/h2-11,19,22H,12,14-15H2,1H3/t19-,22-/m1/s1. The Bertz CT molecular complexity index is 956. The molecule has 130 valence electrons. The molecule has 0 heterocycles. The molecule has 3 aromatic rings. The summed E-state index contributed by atoms with van der Waals surface area (Å²) < 4.78 is 11.2. The first-order valence-electron chi connectivity index (χ1n) is 8.92. The zero-order chi connectivity index (χ0) is 17.9. The molecule has 3 nitrogen and oxygen atoms in total. The summed E-state index contributed by atoms with van der Waals surface area (Å²) in [6.07, 6.45) is 1.16. The predicted octanol–water partition coefficient (Wildman–Crippen LogP) is 5.04. The largest absolute Gasteiger partial charge is 0.497 e. The molecule has 1 aliphatic carbocycles. The smallest absolute Gasteiger partial charge is 0.118 e. The van der Waals surface area contributed by atoms with E-state index in [0.29, 0.717) is 18.4 Å². The minimum atomic E-state index is 0.486. The van der Waals surface area contributed by atoms with Gasteiger partial charge in [-0.05, 0) is 52.3 Å². The zero-order valence-corrected chi connectivity index (χ0v) is 14.8. The molecule has 0 saturated heterocycles. The number of ether oxygens (including phenoxy) is 2. The van der Waals surface area contributed by atoms with Crippen LogP contribution in [0.4, 0.5) is 0 Å². The fourth-order valence-electron chi connectivity index (χ4n) is 3.58. The van der Waals surface area contributed by atoms with E-state index in [1.807, 2.05) is 42.5 Å². The first-order chi connectivity index (χ1) is 12.8. The number of fused-ring (bicyclic) bond motifs is 1. The Morgan fingerprint density at radius 2 is 1.85 bits per heavy atom. The van der Waals surface area contributed by atoms with Gasteiger partial charge in [-0.3, -0.25) is 0 Å². The summed E-state index contributed by atoms with van der Waals surface area (Å²) in [6.45, 7) is 1.22. The van der Waals surface area contributed by atoms with Crippen molar-refractivity contribution in [3.63, 3.8) is 0 Å². The van der Waals surface area contributed by atoms with E-state index in [4.69, 9.17) is 9.47 Å². The van der Waals surface area contributed by atoms with Crippen molar-refractivity contribution in [2.45, 2.75) is 18.9 Å². The second kappa shape index (κ2) is 7.19. The Labute approximate surface area is 153 Å². The fourth-order valence-corrected chi connectivity index (χ4v) is 3.58. The van der Waals surface area contributed by atoms with E-state index in [0.717, 1.165) is 40.7 Å². The molecule has 1 saturated carbocycles. The van der Waals surface area contributed by atoms with Gasteiger partial charge in [0.05, 0.1) is 25.9 Å². The lowest BCUT2D eigenvalue weighted by molar-refractivity contribution is 0.110. The van der Waals surface area contributed by atoms with Gasteiger partial charge in [-0.2, -0.15) is 5.26 Å². The molecule has 0 aliphatic heterocycles. The molecule has 1 aliphatic rings. The van der Waals surface area contributed by atoms with Gasteiger partial charge in [-0.25, -0.2) is 0 Å². The molecule has 0 N–H and O–H groups in total. The molecule has 2 atom stereocenters. The minimum Gasteiger partial charge on any atom is -0.497 e. The maximum atomic E-state index is 9.55. The topological polar surface area (TPSA) is 42.2 Å². The van der Waals surface area contributed by atoms with Crippen molar-refractivity contribution in [2.24, 2.45) is 5.92 Å². The second-order valence-electron chi connectivity index (χ2n) is 6.82. The lowest BCUT2D eigenvalue weighted by atomic mass is 10.0. The van der Waals surface area contributed by atoms with Crippen LogP contribution in [0.1, 0.15) is 29.0 Å². The number of hydrogen-bond acceptors (Lipinski definition) is 3. The first-order valence-corrected chi connectivity index (χ1v) is 8.92. The Morgan fingerprint density at radius 1 is 1.04 bits per heavy atom. The minimum absolute atomic E-state index is 0.486. The monoisotopic (exact) mass is 343 g/mol. The number of rotatable bonds is 6. The number of nitriles is 1. The van der Waals surface area contributed by atoms with Crippen LogP contribution in [0.5, 0.6) is 5.75 Å². The highest BCUT2D eigenvalue weighted by Crippen LogP contribution is 2.47. The summed E-state index contributed by atoms with van der Waals surface area (Å²) in [4.78, 5) is 0. The Balaban J connectivity index is 1.37. The third-order valence-corrected chi connectivity index (χ3v) is 5.18. The molecule has 0 spiro atoms. The van der Waals surface area contributed by atoms with Crippen molar-refractivity contribution in [2.75, 3.05) is 13.7 Å². The van der Waals surface area contributed by atoms with E-state index in [9.17, 15) is 5.26 Å². The summed E-state index contributed by atoms with van der Waals surface area (Å²) in [5.41, 5.74) is 3.04. The second-order valence-corrected chi connectivity index (χ2v) is 6.82. The third-order valence-electron chi connectivity index (χ3n) is 5.18. The summed E-state index contributed by atoms with van der Waals surface area (Å²) >= 11 is 0. The van der Waals surface area contributed by atoms with Gasteiger partial charge in [0.2, 0.25) is 0 Å². The first kappa shape index (κ1) is 16.6. The number of methoxy groups -OCH3 is 1. The van der Waals surface area contributed by atoms with Crippen LogP contribution in [0, 0.1) is 17.2 Å². The molecule has 0 unspecified atom stereocenters. The van der Waals surface area contributed by atoms with E-state index in [-0.39, 0.29) is 0 Å². The maximum Gasteiger partial charge on any atom is 0.118 e. The van der Waals surface area contributed by atoms with Crippen LogP contribution in [0.3, 0.4) is 0 Å². The SMILES string of the molecule is COc1ccc([C@H]2C[C@@H]2COCc2ccc3ccccc3c2C#N)cc1. The predicted molar refractivity (Wildman–Crippen MR) is 102 cm³/mol. The van der Waals surface area contributed by atoms with Gasteiger partial charge in [0.15, 0.2) is 0 Å². The molecule has 0 aromatic heterocycles. The number of nitrogens with zero attached hydrogens (tertiary/aromatic N) is 1. The number of benzene rings is 3. The lowest BCUT2D eigenvalue weighted by Crippen LogP contribution is -2.01. The van der Waals surface area contributed by atoms with Crippen LogP contribution in [0.25, 0.3) is 10.8 Å². The van der Waals surface area contributed by atoms with Gasteiger partial charge in [0.1, 0.15) is 11.8 Å². The summed E-state index contributed by atoms with van der Waals surface area (Å²) in [6, 6.07) is 22.7. The lowest BCUT2D eigenvalue weighted by Gasteiger charge is -2.09. The van der Waals surface area contributed by atoms with Crippen molar-refractivity contribution >= 4 is 10.8 Å². The van der Waals surface area contributed by atoms with Crippen LogP contribution in [-0.4, -0.2) is 13.7 Å². The van der Waals surface area contributed by atoms with Crippen molar-refractivity contribution in [1.29, 1.82) is 5.26 Å². The van der Waals surface area contributed by atoms with Crippen LogP contribution in [0.2, 0.25) is 0 Å². The highest BCUT2D eigenvalue weighted by Gasteiger charge is 2.38. The van der Waals surface area contributed by atoms with E-state index in [1.165, 1.54) is 5.56 Å². The fraction of sp³-hybridized carbons (Fsp3) is 0.261. The molecule has 1 fully saturated rings. The molecule has 0 bridgehead atoms. The summed E-state index contributed by atoms with van der Waals surface area (Å²) in [7, 11) is 1.69. The summed E-state index contributed by atoms with van der Waals surface area (Å²) in [5.74, 6) is 2.03. The Morgan fingerprint density at radius 3 is 2.62 bits per heavy atom. The van der Waals surface area contributed by atoms with Crippen molar-refractivity contribution in [3.8, 4) is 11.8 Å². The molecule has 26 heavy (non-hydrogen) atoms. The normalized spacial score (nSPS) is 18.5. The van der Waals surface area contributed by atoms with Crippen LogP contribution in [-0.2, 0) is 11.3 Å². The highest BCUT2D eigenvalue weighted by molar-refractivity contribution is 5.88. The van der Waals surface area contributed by atoms with Gasteiger partial charge >= 0.3 is 0 Å². The summed E-state index contributed by atoms with van der Waals surface area (Å²) in [5, 5.41) is 11.6. The maximum absolute atomic E-state index is 9.55. The van der Waals surface area contributed by atoms with E-state index in [2.05, 4.69) is 24.3 Å². The van der Waals surface area contributed by atoms with Crippen molar-refractivity contribution in [3.05, 3.63) is 77.4 Å². The third kappa shape index (κ3) is 3.29. The van der Waals surface area contributed by atoms with Crippen LogP contribution in [0.15, 0.2) is 60.7 Å². The van der Waals surface area contributed by atoms with Gasteiger partial charge in [0.25, 0.3) is 0 Å².